The lowest BCUT2D eigenvalue weighted by atomic mass is 10.2. The van der Waals surface area contributed by atoms with Gasteiger partial charge in [0.25, 0.3) is 5.91 Å². The number of benzene rings is 3. The highest BCUT2D eigenvalue weighted by molar-refractivity contribution is 14.1. The van der Waals surface area contributed by atoms with Crippen molar-refractivity contribution in [3.05, 3.63) is 84.2 Å². The van der Waals surface area contributed by atoms with Crippen LogP contribution in [-0.2, 0) is 11.4 Å². The third kappa shape index (κ3) is 6.68. The van der Waals surface area contributed by atoms with E-state index in [4.69, 9.17) is 14.2 Å². The number of thioether (sulfide) groups is 1. The molecule has 1 aliphatic rings. The van der Waals surface area contributed by atoms with Crippen LogP contribution in [0.5, 0.6) is 17.2 Å². The van der Waals surface area contributed by atoms with E-state index in [9.17, 15) is 4.79 Å². The second-order valence-corrected chi connectivity index (χ2v) is 11.2. The molecule has 2 N–H and O–H groups in total. The molecule has 9 heteroatoms. The van der Waals surface area contributed by atoms with Crippen LogP contribution in [0.25, 0.3) is 6.08 Å². The van der Waals surface area contributed by atoms with Crippen LogP contribution in [-0.4, -0.2) is 25.1 Å². The number of carbonyl (C=O) groups is 1. The highest BCUT2D eigenvalue weighted by atomic mass is 127. The van der Waals surface area contributed by atoms with E-state index in [1.54, 1.807) is 7.11 Å². The van der Waals surface area contributed by atoms with E-state index in [1.165, 1.54) is 11.8 Å². The summed E-state index contributed by atoms with van der Waals surface area (Å²) in [7, 11) is 1.63. The summed E-state index contributed by atoms with van der Waals surface area (Å²) in [5, 5.41) is 6.33. The Labute approximate surface area is 237 Å². The molecule has 1 unspecified atom stereocenters. The Bertz CT molecular complexity index is 1280. The number of halogens is 2. The Kier molecular flexibility index (Phi) is 9.08. The molecule has 36 heavy (non-hydrogen) atoms. The van der Waals surface area contributed by atoms with E-state index < -0.39 is 0 Å². The molecule has 3 aromatic rings. The summed E-state index contributed by atoms with van der Waals surface area (Å²) in [4.78, 5) is 13.3. The largest absolute Gasteiger partial charge is 0.495 e. The van der Waals surface area contributed by atoms with E-state index in [0.29, 0.717) is 29.6 Å². The maximum absolute atomic E-state index is 12.7. The van der Waals surface area contributed by atoms with Gasteiger partial charge in [0.15, 0.2) is 17.0 Å². The van der Waals surface area contributed by atoms with Crippen molar-refractivity contribution < 1.29 is 19.0 Å². The molecule has 0 bridgehead atoms. The Hall–Kier alpha value is -2.37. The summed E-state index contributed by atoms with van der Waals surface area (Å²) in [5.74, 6) is 1.93. The number of carbonyl (C=O) groups excluding carboxylic acids is 1. The van der Waals surface area contributed by atoms with Crippen LogP contribution in [0, 0.1) is 10.5 Å². The summed E-state index contributed by atoms with van der Waals surface area (Å²) in [6, 6.07) is 17.8. The quantitative estimate of drug-likeness (QED) is 0.188. The summed E-state index contributed by atoms with van der Waals surface area (Å²) in [6.45, 7) is 4.88. The van der Waals surface area contributed by atoms with E-state index in [-0.39, 0.29) is 11.4 Å². The van der Waals surface area contributed by atoms with Crippen molar-refractivity contribution in [3.8, 4) is 17.2 Å². The Morgan fingerprint density at radius 2 is 1.89 bits per heavy atom. The zero-order valence-corrected chi connectivity index (χ0v) is 24.6. The normalized spacial score (nSPS) is 16.1. The minimum absolute atomic E-state index is 0.132. The van der Waals surface area contributed by atoms with Gasteiger partial charge in [-0.05, 0) is 95.6 Å². The standard InChI is InChI=1S/C27H26BrIN2O4S/c1-4-34-23-13-18(12-20(29)25(23)35-15-17-6-8-19(28)9-7-17)14-24-26(32)31-27(36-24)30-21-11-16(2)5-10-22(21)33-3/h5-14,27,30H,4,15H2,1-3H3,(H,31,32)/b24-14-. The zero-order chi connectivity index (χ0) is 25.7. The Balaban J connectivity index is 1.52. The Morgan fingerprint density at radius 3 is 2.61 bits per heavy atom. The summed E-state index contributed by atoms with van der Waals surface area (Å²) >= 11 is 7.13. The van der Waals surface area contributed by atoms with Crippen LogP contribution in [0.4, 0.5) is 5.69 Å². The van der Waals surface area contributed by atoms with Gasteiger partial charge in [-0.1, -0.05) is 45.9 Å². The predicted octanol–water partition coefficient (Wildman–Crippen LogP) is 6.95. The predicted molar refractivity (Wildman–Crippen MR) is 158 cm³/mol. The molecule has 1 atom stereocenters. The summed E-state index contributed by atoms with van der Waals surface area (Å²) in [5.41, 5.74) is 3.55. The number of methoxy groups -OCH3 is 1. The van der Waals surface area contributed by atoms with Crippen LogP contribution in [0.1, 0.15) is 23.6 Å². The number of anilines is 1. The molecule has 0 spiro atoms. The minimum Gasteiger partial charge on any atom is -0.495 e. The fraction of sp³-hybridized carbons (Fsp3) is 0.222. The van der Waals surface area contributed by atoms with Gasteiger partial charge in [-0.3, -0.25) is 4.79 Å². The zero-order valence-electron chi connectivity index (χ0n) is 20.1. The molecule has 0 aromatic heterocycles. The van der Waals surface area contributed by atoms with Crippen LogP contribution in [0.2, 0.25) is 0 Å². The molecule has 0 aliphatic carbocycles. The fourth-order valence-corrected chi connectivity index (χ4v) is 5.62. The number of hydrogen-bond acceptors (Lipinski definition) is 6. The lowest BCUT2D eigenvalue weighted by molar-refractivity contribution is -0.116. The topological polar surface area (TPSA) is 68.8 Å². The first-order valence-corrected chi connectivity index (χ1v) is 14.1. The smallest absolute Gasteiger partial charge is 0.260 e. The monoisotopic (exact) mass is 680 g/mol. The van der Waals surface area contributed by atoms with Gasteiger partial charge in [0.05, 0.1) is 27.9 Å². The first-order chi connectivity index (χ1) is 17.4. The summed E-state index contributed by atoms with van der Waals surface area (Å²) < 4.78 is 19.4. The molecule has 3 aromatic carbocycles. The molecular weight excluding hydrogens is 655 g/mol. The maximum Gasteiger partial charge on any atom is 0.260 e. The molecule has 1 aliphatic heterocycles. The number of ether oxygens (including phenoxy) is 3. The highest BCUT2D eigenvalue weighted by Gasteiger charge is 2.28. The third-order valence-electron chi connectivity index (χ3n) is 5.30. The van der Waals surface area contributed by atoms with Crippen molar-refractivity contribution in [2.75, 3.05) is 19.0 Å². The fourth-order valence-electron chi connectivity index (χ4n) is 3.60. The van der Waals surface area contributed by atoms with Gasteiger partial charge in [0.2, 0.25) is 0 Å². The minimum atomic E-state index is -0.307. The van der Waals surface area contributed by atoms with Crippen molar-refractivity contribution in [1.29, 1.82) is 0 Å². The van der Waals surface area contributed by atoms with E-state index in [2.05, 4.69) is 49.2 Å². The lowest BCUT2D eigenvalue weighted by Gasteiger charge is -2.16. The van der Waals surface area contributed by atoms with Crippen LogP contribution in [0.3, 0.4) is 0 Å². The number of amides is 1. The van der Waals surface area contributed by atoms with Gasteiger partial charge in [0.1, 0.15) is 12.4 Å². The van der Waals surface area contributed by atoms with Gasteiger partial charge in [-0.15, -0.1) is 0 Å². The van der Waals surface area contributed by atoms with Gasteiger partial charge in [-0.2, -0.15) is 0 Å². The number of rotatable bonds is 9. The van der Waals surface area contributed by atoms with E-state index >= 15 is 0 Å². The van der Waals surface area contributed by atoms with Crippen molar-refractivity contribution in [3.63, 3.8) is 0 Å². The maximum atomic E-state index is 12.7. The van der Waals surface area contributed by atoms with Gasteiger partial charge in [-0.25, -0.2) is 0 Å². The molecule has 6 nitrogen and oxygen atoms in total. The van der Waals surface area contributed by atoms with Gasteiger partial charge in [0, 0.05) is 4.47 Å². The average Bonchev–Trinajstić information content (AvgIpc) is 3.18. The molecule has 1 heterocycles. The van der Waals surface area contributed by atoms with Crippen molar-refractivity contribution in [2.45, 2.75) is 26.0 Å². The van der Waals surface area contributed by atoms with Crippen molar-refractivity contribution in [2.24, 2.45) is 0 Å². The number of hydrogen-bond donors (Lipinski definition) is 2. The van der Waals surface area contributed by atoms with E-state index in [0.717, 1.165) is 36.2 Å². The third-order valence-corrected chi connectivity index (χ3v) is 7.66. The highest BCUT2D eigenvalue weighted by Crippen LogP contribution is 2.38. The van der Waals surface area contributed by atoms with Gasteiger partial charge >= 0.3 is 0 Å². The molecule has 1 amide bonds. The van der Waals surface area contributed by atoms with Crippen LogP contribution >= 0.6 is 50.3 Å². The second-order valence-electron chi connectivity index (χ2n) is 8.01. The first kappa shape index (κ1) is 26.7. The molecular formula is C27H26BrIN2O4S. The lowest BCUT2D eigenvalue weighted by Crippen LogP contribution is -2.31. The van der Waals surface area contributed by atoms with Crippen molar-refractivity contribution in [1.82, 2.24) is 5.32 Å². The van der Waals surface area contributed by atoms with E-state index in [1.807, 2.05) is 74.5 Å². The average molecular weight is 681 g/mol. The Morgan fingerprint density at radius 1 is 1.11 bits per heavy atom. The summed E-state index contributed by atoms with van der Waals surface area (Å²) in [6.07, 6.45) is 1.87. The molecule has 188 valence electrons. The molecule has 4 rings (SSSR count). The van der Waals surface area contributed by atoms with Crippen LogP contribution in [0.15, 0.2) is 64.0 Å². The SMILES string of the molecule is CCOc1cc(/C=C2\SC(Nc3cc(C)ccc3OC)NC2=O)cc(I)c1OCc1ccc(Br)cc1. The van der Waals surface area contributed by atoms with Gasteiger partial charge < -0.3 is 24.8 Å². The number of aryl methyl sites for hydroxylation is 1. The van der Waals surface area contributed by atoms with Crippen molar-refractivity contribution >= 4 is 68.0 Å². The molecule has 0 radical (unpaired) electrons. The number of nitrogens with one attached hydrogen (secondary N) is 2. The second kappa shape index (κ2) is 12.2. The molecule has 1 fully saturated rings. The van der Waals surface area contributed by atoms with Crippen LogP contribution < -0.4 is 24.8 Å². The first-order valence-electron chi connectivity index (χ1n) is 11.3. The molecule has 0 saturated carbocycles. The molecule has 1 saturated heterocycles.